The largest absolute Gasteiger partial charge is 0.497 e. The summed E-state index contributed by atoms with van der Waals surface area (Å²) in [4.78, 5) is 8.43. The van der Waals surface area contributed by atoms with Gasteiger partial charge in [0.2, 0.25) is 11.8 Å². The van der Waals surface area contributed by atoms with Crippen molar-refractivity contribution in [3.05, 3.63) is 42.1 Å². The van der Waals surface area contributed by atoms with E-state index in [0.29, 0.717) is 18.4 Å². The van der Waals surface area contributed by atoms with Crippen LogP contribution in [0.15, 0.2) is 36.5 Å². The molecule has 0 fully saturated rings. The Balaban J connectivity index is 1.92. The standard InChI is InChI=1S/C15H19N3O2/c1-3-9-16-15-17-10-8-14(18-15)20-11-12-4-6-13(19-2)7-5-12/h4-8,10H,3,9,11H2,1-2H3,(H,16,17,18). The molecule has 5 heteroatoms. The molecule has 2 rings (SSSR count). The molecule has 0 aliphatic heterocycles. The number of rotatable bonds is 7. The van der Waals surface area contributed by atoms with Gasteiger partial charge in [-0.2, -0.15) is 4.98 Å². The number of anilines is 1. The predicted molar refractivity (Wildman–Crippen MR) is 78.1 cm³/mol. The quantitative estimate of drug-likeness (QED) is 0.840. The van der Waals surface area contributed by atoms with E-state index in [0.717, 1.165) is 24.3 Å². The van der Waals surface area contributed by atoms with Gasteiger partial charge in [-0.1, -0.05) is 19.1 Å². The molecule has 0 bridgehead atoms. The number of hydrogen-bond donors (Lipinski definition) is 1. The van der Waals surface area contributed by atoms with E-state index in [-0.39, 0.29) is 0 Å². The van der Waals surface area contributed by atoms with Crippen molar-refractivity contribution >= 4 is 5.95 Å². The molecule has 2 aromatic rings. The zero-order valence-electron chi connectivity index (χ0n) is 11.8. The molecule has 0 aliphatic carbocycles. The summed E-state index contributed by atoms with van der Waals surface area (Å²) in [6.45, 7) is 3.41. The van der Waals surface area contributed by atoms with E-state index in [9.17, 15) is 0 Å². The highest BCUT2D eigenvalue weighted by Gasteiger charge is 2.01. The fourth-order valence-corrected chi connectivity index (χ4v) is 1.62. The summed E-state index contributed by atoms with van der Waals surface area (Å²) in [6.07, 6.45) is 2.72. The topological polar surface area (TPSA) is 56.3 Å². The van der Waals surface area contributed by atoms with Crippen LogP contribution in [0.25, 0.3) is 0 Å². The summed E-state index contributed by atoms with van der Waals surface area (Å²) in [5.41, 5.74) is 1.06. The van der Waals surface area contributed by atoms with Gasteiger partial charge in [0, 0.05) is 18.8 Å². The molecule has 0 saturated carbocycles. The maximum absolute atomic E-state index is 5.65. The number of nitrogens with zero attached hydrogens (tertiary/aromatic N) is 2. The molecule has 0 unspecified atom stereocenters. The van der Waals surface area contributed by atoms with Crippen LogP contribution in [0.4, 0.5) is 5.95 Å². The van der Waals surface area contributed by atoms with Crippen molar-refractivity contribution in [2.45, 2.75) is 20.0 Å². The van der Waals surface area contributed by atoms with E-state index in [4.69, 9.17) is 9.47 Å². The monoisotopic (exact) mass is 273 g/mol. The lowest BCUT2D eigenvalue weighted by Crippen LogP contribution is -2.05. The van der Waals surface area contributed by atoms with Gasteiger partial charge in [-0.05, 0) is 24.1 Å². The van der Waals surface area contributed by atoms with E-state index < -0.39 is 0 Å². The lowest BCUT2D eigenvalue weighted by Gasteiger charge is -2.08. The van der Waals surface area contributed by atoms with Gasteiger partial charge in [0.15, 0.2) is 0 Å². The molecule has 1 aromatic carbocycles. The molecule has 20 heavy (non-hydrogen) atoms. The van der Waals surface area contributed by atoms with E-state index in [2.05, 4.69) is 22.2 Å². The molecule has 0 atom stereocenters. The molecule has 0 aliphatic rings. The average molecular weight is 273 g/mol. The molecule has 0 spiro atoms. The number of hydrogen-bond acceptors (Lipinski definition) is 5. The minimum absolute atomic E-state index is 0.466. The van der Waals surface area contributed by atoms with Gasteiger partial charge in [-0.25, -0.2) is 4.98 Å². The van der Waals surface area contributed by atoms with Crippen LogP contribution in [0.1, 0.15) is 18.9 Å². The van der Waals surface area contributed by atoms with Crippen molar-refractivity contribution in [1.29, 1.82) is 0 Å². The minimum Gasteiger partial charge on any atom is -0.497 e. The molecule has 1 heterocycles. The number of benzene rings is 1. The van der Waals surface area contributed by atoms with Crippen LogP contribution in [0.5, 0.6) is 11.6 Å². The third-order valence-corrected chi connectivity index (χ3v) is 2.71. The fraction of sp³-hybridized carbons (Fsp3) is 0.333. The van der Waals surface area contributed by atoms with Gasteiger partial charge < -0.3 is 14.8 Å². The molecule has 106 valence electrons. The molecule has 0 saturated heterocycles. The summed E-state index contributed by atoms with van der Waals surface area (Å²) in [7, 11) is 1.65. The third kappa shape index (κ3) is 4.12. The Morgan fingerprint density at radius 2 is 1.95 bits per heavy atom. The second-order valence-corrected chi connectivity index (χ2v) is 4.28. The lowest BCUT2D eigenvalue weighted by molar-refractivity contribution is 0.293. The van der Waals surface area contributed by atoms with Crippen molar-refractivity contribution < 1.29 is 9.47 Å². The lowest BCUT2D eigenvalue weighted by atomic mass is 10.2. The van der Waals surface area contributed by atoms with E-state index in [1.54, 1.807) is 19.4 Å². The van der Waals surface area contributed by atoms with Gasteiger partial charge in [0.1, 0.15) is 12.4 Å². The van der Waals surface area contributed by atoms with Gasteiger partial charge >= 0.3 is 0 Å². The first-order valence-corrected chi connectivity index (χ1v) is 6.64. The Morgan fingerprint density at radius 3 is 2.65 bits per heavy atom. The first-order valence-electron chi connectivity index (χ1n) is 6.64. The molecule has 5 nitrogen and oxygen atoms in total. The number of aromatic nitrogens is 2. The smallest absolute Gasteiger partial charge is 0.225 e. The van der Waals surface area contributed by atoms with Gasteiger partial charge in [-0.15, -0.1) is 0 Å². The Labute approximate surface area is 119 Å². The number of ether oxygens (including phenoxy) is 2. The van der Waals surface area contributed by atoms with Gasteiger partial charge in [0.25, 0.3) is 0 Å². The van der Waals surface area contributed by atoms with Crippen LogP contribution in [0.3, 0.4) is 0 Å². The van der Waals surface area contributed by atoms with Crippen LogP contribution < -0.4 is 14.8 Å². The van der Waals surface area contributed by atoms with Crippen molar-refractivity contribution in [3.8, 4) is 11.6 Å². The molecule has 0 amide bonds. The highest BCUT2D eigenvalue weighted by atomic mass is 16.5. The van der Waals surface area contributed by atoms with Crippen LogP contribution >= 0.6 is 0 Å². The Bertz CT molecular complexity index is 529. The van der Waals surface area contributed by atoms with Crippen molar-refractivity contribution in [3.63, 3.8) is 0 Å². The first-order chi connectivity index (χ1) is 9.81. The Hall–Kier alpha value is -2.30. The van der Waals surface area contributed by atoms with Crippen LogP contribution in [0, 0.1) is 0 Å². The molecule has 1 aromatic heterocycles. The summed E-state index contributed by atoms with van der Waals surface area (Å²) in [6, 6.07) is 9.51. The van der Waals surface area contributed by atoms with Crippen LogP contribution in [0.2, 0.25) is 0 Å². The van der Waals surface area contributed by atoms with Gasteiger partial charge in [-0.3, -0.25) is 0 Å². The summed E-state index contributed by atoms with van der Waals surface area (Å²) >= 11 is 0. The van der Waals surface area contributed by atoms with E-state index in [1.165, 1.54) is 0 Å². The normalized spacial score (nSPS) is 10.1. The SMILES string of the molecule is CCCNc1nccc(OCc2ccc(OC)cc2)n1. The second-order valence-electron chi connectivity index (χ2n) is 4.28. The first kappa shape index (κ1) is 14.1. The highest BCUT2D eigenvalue weighted by Crippen LogP contribution is 2.14. The maximum atomic E-state index is 5.65. The van der Waals surface area contributed by atoms with Crippen molar-refractivity contribution in [2.24, 2.45) is 0 Å². The Morgan fingerprint density at radius 1 is 1.15 bits per heavy atom. The summed E-state index contributed by atoms with van der Waals surface area (Å²) in [5, 5.41) is 3.13. The molecular formula is C15H19N3O2. The predicted octanol–water partition coefficient (Wildman–Crippen LogP) is 2.89. The maximum Gasteiger partial charge on any atom is 0.225 e. The van der Waals surface area contributed by atoms with Gasteiger partial charge in [0.05, 0.1) is 7.11 Å². The number of nitrogens with one attached hydrogen (secondary N) is 1. The highest BCUT2D eigenvalue weighted by molar-refractivity contribution is 5.29. The summed E-state index contributed by atoms with van der Waals surface area (Å²) in [5.74, 6) is 2.00. The minimum atomic E-state index is 0.466. The van der Waals surface area contributed by atoms with Crippen molar-refractivity contribution in [2.75, 3.05) is 19.0 Å². The summed E-state index contributed by atoms with van der Waals surface area (Å²) < 4.78 is 10.8. The second kappa shape index (κ2) is 7.33. The van der Waals surface area contributed by atoms with Crippen LogP contribution in [-0.4, -0.2) is 23.6 Å². The fourth-order valence-electron chi connectivity index (χ4n) is 1.62. The van der Waals surface area contributed by atoms with Crippen molar-refractivity contribution in [1.82, 2.24) is 9.97 Å². The molecule has 1 N–H and O–H groups in total. The molecular weight excluding hydrogens is 254 g/mol. The number of methoxy groups -OCH3 is 1. The zero-order chi connectivity index (χ0) is 14.2. The van der Waals surface area contributed by atoms with Crippen LogP contribution in [-0.2, 0) is 6.61 Å². The zero-order valence-corrected chi connectivity index (χ0v) is 11.8. The Kier molecular flexibility index (Phi) is 5.17. The van der Waals surface area contributed by atoms with E-state index in [1.807, 2.05) is 24.3 Å². The van der Waals surface area contributed by atoms with E-state index >= 15 is 0 Å². The third-order valence-electron chi connectivity index (χ3n) is 2.71. The molecule has 0 radical (unpaired) electrons. The average Bonchev–Trinajstić information content (AvgIpc) is 2.52.